The highest BCUT2D eigenvalue weighted by atomic mass is 19.1. The number of allylic oxidation sites excluding steroid dienone is 2. The Morgan fingerprint density at radius 2 is 2.00 bits per heavy atom. The van der Waals surface area contributed by atoms with Crippen LogP contribution in [0, 0.1) is 0 Å². The van der Waals surface area contributed by atoms with Crippen LogP contribution in [0.4, 0.5) is 14.6 Å². The van der Waals surface area contributed by atoms with E-state index in [1.165, 1.54) is 32.0 Å². The maximum absolute atomic E-state index is 14.4. The number of nitrogen functional groups attached to an aromatic ring is 1. The van der Waals surface area contributed by atoms with Crippen LogP contribution in [-0.2, 0) is 17.8 Å². The molecule has 0 saturated carbocycles. The van der Waals surface area contributed by atoms with E-state index in [1.807, 2.05) is 19.1 Å². The summed E-state index contributed by atoms with van der Waals surface area (Å²) in [4.78, 5) is 27.0. The molecule has 0 saturated heterocycles. The first kappa shape index (κ1) is 25.1. The van der Waals surface area contributed by atoms with Crippen LogP contribution < -0.4 is 11.1 Å². The topological polar surface area (TPSA) is 102 Å². The summed E-state index contributed by atoms with van der Waals surface area (Å²) in [6.45, 7) is 4.55. The maximum atomic E-state index is 14.4. The summed E-state index contributed by atoms with van der Waals surface area (Å²) in [6.07, 6.45) is 4.53. The molecule has 0 aromatic carbocycles. The number of likely N-dealkylation sites (N-methyl/N-ethyl adjacent to an activating group) is 1. The highest BCUT2D eigenvalue weighted by molar-refractivity contribution is 6.04. The van der Waals surface area contributed by atoms with E-state index in [2.05, 4.69) is 24.8 Å². The molecule has 10 heteroatoms. The number of fused-ring (bicyclic) bond motifs is 3. The Labute approximate surface area is 197 Å². The average molecular weight is 472 g/mol. The van der Waals surface area contributed by atoms with Gasteiger partial charge in [0, 0.05) is 39.8 Å². The van der Waals surface area contributed by atoms with Crippen molar-refractivity contribution in [3.8, 4) is 0 Å². The number of carbonyl (C=O) groups excluding carboxylic acids is 1. The lowest BCUT2D eigenvalue weighted by Gasteiger charge is -2.17. The van der Waals surface area contributed by atoms with E-state index >= 15 is 0 Å². The fourth-order valence-corrected chi connectivity index (χ4v) is 3.91. The summed E-state index contributed by atoms with van der Waals surface area (Å²) in [6, 6.07) is 3.69. The summed E-state index contributed by atoms with van der Waals surface area (Å²) < 4.78 is 30.4. The third kappa shape index (κ3) is 5.32. The Balaban J connectivity index is 1.64. The molecule has 3 aromatic heterocycles. The minimum Gasteiger partial charge on any atom is -0.382 e. The van der Waals surface area contributed by atoms with Crippen molar-refractivity contribution in [1.29, 1.82) is 0 Å². The third-order valence-corrected chi connectivity index (χ3v) is 5.49. The lowest BCUT2D eigenvalue weighted by atomic mass is 10.2. The van der Waals surface area contributed by atoms with E-state index in [1.54, 1.807) is 6.20 Å². The van der Waals surface area contributed by atoms with E-state index in [0.717, 1.165) is 29.7 Å². The van der Waals surface area contributed by atoms with Crippen molar-refractivity contribution in [2.24, 2.45) is 0 Å². The van der Waals surface area contributed by atoms with Crippen molar-refractivity contribution in [2.75, 3.05) is 26.4 Å². The van der Waals surface area contributed by atoms with Crippen LogP contribution in [0.25, 0.3) is 22.1 Å². The van der Waals surface area contributed by atoms with Crippen LogP contribution in [-0.4, -0.2) is 51.0 Å². The molecule has 0 radical (unpaired) electrons. The van der Waals surface area contributed by atoms with E-state index in [-0.39, 0.29) is 5.70 Å². The van der Waals surface area contributed by atoms with Gasteiger partial charge in [0.2, 0.25) is 5.91 Å². The molecule has 0 aliphatic heterocycles. The van der Waals surface area contributed by atoms with Crippen molar-refractivity contribution in [3.63, 3.8) is 0 Å². The molecule has 0 aliphatic rings. The molecule has 0 spiro atoms. The highest BCUT2D eigenvalue weighted by Crippen LogP contribution is 2.28. The summed E-state index contributed by atoms with van der Waals surface area (Å²) in [5.41, 5.74) is 8.90. The molecule has 0 fully saturated rings. The number of amides is 1. The molecule has 3 heterocycles. The molecule has 3 aromatic rings. The minimum absolute atomic E-state index is 0.216. The maximum Gasteiger partial charge on any atom is 0.226 e. The number of aromatic nitrogens is 4. The molecule has 0 unspecified atom stereocenters. The fourth-order valence-electron chi connectivity index (χ4n) is 3.91. The van der Waals surface area contributed by atoms with Gasteiger partial charge >= 0.3 is 0 Å². The number of nitrogens with zero attached hydrogens (tertiary/aromatic N) is 5. The molecule has 182 valence electrons. The standard InChI is InChI=1S/C24H31F2N7O/c1-5-15(25)22(32(3)4)16(26)14-19(34)28-11-7-8-13-33-18(6-2)31-21-23(33)20-17(30-24(21)27)10-9-12-29-20/h5,9-10,12H,6-8,11,13-14H2,1-4H3,(H2,27,30)(H,28,34)/b15-5+,22-16-. The average Bonchev–Trinajstić information content (AvgIpc) is 3.18. The zero-order chi connectivity index (χ0) is 24.8. The van der Waals surface area contributed by atoms with Gasteiger partial charge in [-0.15, -0.1) is 0 Å². The molecule has 34 heavy (non-hydrogen) atoms. The van der Waals surface area contributed by atoms with Crippen LogP contribution in [0.15, 0.2) is 41.8 Å². The number of halogens is 2. The van der Waals surface area contributed by atoms with Gasteiger partial charge < -0.3 is 20.5 Å². The molecular formula is C24H31F2N7O. The first-order valence-electron chi connectivity index (χ1n) is 11.3. The number of nitrogens with two attached hydrogens (primary N) is 1. The van der Waals surface area contributed by atoms with Crippen LogP contribution in [0.5, 0.6) is 0 Å². The number of rotatable bonds is 10. The predicted molar refractivity (Wildman–Crippen MR) is 130 cm³/mol. The van der Waals surface area contributed by atoms with Gasteiger partial charge in [0.25, 0.3) is 0 Å². The van der Waals surface area contributed by atoms with Gasteiger partial charge in [0.15, 0.2) is 5.82 Å². The second kappa shape index (κ2) is 11.0. The van der Waals surface area contributed by atoms with Gasteiger partial charge in [-0.3, -0.25) is 9.78 Å². The van der Waals surface area contributed by atoms with Crippen LogP contribution in [0.1, 0.15) is 38.9 Å². The second-order valence-electron chi connectivity index (χ2n) is 8.12. The van der Waals surface area contributed by atoms with Crippen LogP contribution in [0.3, 0.4) is 0 Å². The van der Waals surface area contributed by atoms with Crippen LogP contribution >= 0.6 is 0 Å². The monoisotopic (exact) mass is 471 g/mol. The SMILES string of the molecule is C/C=C(F)\C(=C(\F)CC(=O)NCCCCn1c(CC)nc2c(N)nc3cccnc3c21)N(C)C. The largest absolute Gasteiger partial charge is 0.382 e. The number of unbranched alkanes of at least 4 members (excludes halogenated alkanes) is 1. The lowest BCUT2D eigenvalue weighted by molar-refractivity contribution is -0.120. The van der Waals surface area contributed by atoms with Gasteiger partial charge in [0.1, 0.15) is 39.7 Å². The van der Waals surface area contributed by atoms with Crippen molar-refractivity contribution >= 4 is 33.8 Å². The van der Waals surface area contributed by atoms with Gasteiger partial charge in [0.05, 0.1) is 11.9 Å². The van der Waals surface area contributed by atoms with Crippen molar-refractivity contribution in [3.05, 3.63) is 47.6 Å². The quantitative estimate of drug-likeness (QED) is 0.342. The number of pyridine rings is 2. The van der Waals surface area contributed by atoms with E-state index in [4.69, 9.17) is 5.73 Å². The zero-order valence-electron chi connectivity index (χ0n) is 20.0. The zero-order valence-corrected chi connectivity index (χ0v) is 20.0. The number of carbonyl (C=O) groups is 1. The Bertz CT molecular complexity index is 1250. The van der Waals surface area contributed by atoms with E-state index in [0.29, 0.717) is 36.4 Å². The van der Waals surface area contributed by atoms with Crippen molar-refractivity contribution < 1.29 is 13.6 Å². The number of nitrogens with one attached hydrogen (secondary N) is 1. The van der Waals surface area contributed by atoms with Gasteiger partial charge in [-0.05, 0) is 38.0 Å². The number of anilines is 1. The van der Waals surface area contributed by atoms with Gasteiger partial charge in [-0.1, -0.05) is 6.92 Å². The molecule has 1 amide bonds. The predicted octanol–water partition coefficient (Wildman–Crippen LogP) is 4.03. The third-order valence-electron chi connectivity index (χ3n) is 5.49. The molecule has 0 bridgehead atoms. The lowest BCUT2D eigenvalue weighted by Crippen LogP contribution is -2.25. The Hall–Kier alpha value is -3.56. The van der Waals surface area contributed by atoms with Gasteiger partial charge in [-0.2, -0.15) is 0 Å². The Morgan fingerprint density at radius 3 is 2.68 bits per heavy atom. The highest BCUT2D eigenvalue weighted by Gasteiger charge is 2.18. The number of hydrogen-bond donors (Lipinski definition) is 2. The Kier molecular flexibility index (Phi) is 8.14. The summed E-state index contributed by atoms with van der Waals surface area (Å²) in [7, 11) is 3.06. The molecule has 0 aliphatic carbocycles. The number of aryl methyl sites for hydroxylation is 2. The van der Waals surface area contributed by atoms with Gasteiger partial charge in [-0.25, -0.2) is 18.7 Å². The fraction of sp³-hybridized carbons (Fsp3) is 0.417. The number of imidazole rings is 1. The smallest absolute Gasteiger partial charge is 0.226 e. The first-order valence-corrected chi connectivity index (χ1v) is 11.3. The second-order valence-corrected chi connectivity index (χ2v) is 8.12. The molecular weight excluding hydrogens is 440 g/mol. The van der Waals surface area contributed by atoms with E-state index in [9.17, 15) is 13.6 Å². The first-order chi connectivity index (χ1) is 16.3. The normalized spacial score (nSPS) is 12.8. The Morgan fingerprint density at radius 1 is 1.24 bits per heavy atom. The minimum atomic E-state index is -0.804. The molecule has 3 rings (SSSR count). The molecule has 3 N–H and O–H groups in total. The van der Waals surface area contributed by atoms with Crippen molar-refractivity contribution in [1.82, 2.24) is 29.7 Å². The van der Waals surface area contributed by atoms with Crippen molar-refractivity contribution in [2.45, 2.75) is 46.1 Å². The van der Waals surface area contributed by atoms with Crippen LogP contribution in [0.2, 0.25) is 0 Å². The summed E-state index contributed by atoms with van der Waals surface area (Å²) in [5, 5.41) is 2.71. The molecule has 0 atom stereocenters. The number of hydrogen-bond acceptors (Lipinski definition) is 6. The summed E-state index contributed by atoms with van der Waals surface area (Å²) in [5.74, 6) is -0.733. The molecule has 8 nitrogen and oxygen atoms in total. The summed E-state index contributed by atoms with van der Waals surface area (Å²) >= 11 is 0. The van der Waals surface area contributed by atoms with E-state index < -0.39 is 24.0 Å².